The maximum atomic E-state index is 12.4. The lowest BCUT2D eigenvalue weighted by Crippen LogP contribution is -2.41. The molecule has 6 heteroatoms. The Labute approximate surface area is 198 Å². The molecule has 1 fully saturated rings. The van der Waals surface area contributed by atoms with Gasteiger partial charge in [0.15, 0.2) is 5.76 Å². The van der Waals surface area contributed by atoms with Crippen molar-refractivity contribution in [2.75, 3.05) is 20.1 Å². The van der Waals surface area contributed by atoms with E-state index in [0.717, 1.165) is 31.7 Å². The van der Waals surface area contributed by atoms with Crippen LogP contribution in [-0.4, -0.2) is 41.9 Å². The lowest BCUT2D eigenvalue weighted by atomic mass is 10.1. The van der Waals surface area contributed by atoms with Gasteiger partial charge >= 0.3 is 0 Å². The number of rotatable bonds is 7. The van der Waals surface area contributed by atoms with Crippen molar-refractivity contribution in [2.24, 2.45) is 0 Å². The highest BCUT2D eigenvalue weighted by Crippen LogP contribution is 2.27. The maximum absolute atomic E-state index is 12.4. The Bertz CT molecular complexity index is 1160. The molecule has 3 heterocycles. The van der Waals surface area contributed by atoms with Crippen LogP contribution in [0.1, 0.15) is 33.8 Å². The van der Waals surface area contributed by atoms with E-state index < -0.39 is 0 Å². The Kier molecular flexibility index (Phi) is 6.46. The zero-order valence-electron chi connectivity index (χ0n) is 18.8. The third kappa shape index (κ3) is 5.29. The first-order valence-electron chi connectivity index (χ1n) is 11.4. The number of piperidine rings is 1. The Hall–Kier alpha value is -3.09. The van der Waals surface area contributed by atoms with Crippen LogP contribution in [-0.2, 0) is 13.1 Å². The number of ether oxygens (including phenoxy) is 1. The van der Waals surface area contributed by atoms with Crippen LogP contribution in [0.2, 0.25) is 0 Å². The van der Waals surface area contributed by atoms with Gasteiger partial charge in [-0.05, 0) is 54.4 Å². The van der Waals surface area contributed by atoms with Gasteiger partial charge in [0.05, 0.1) is 6.26 Å². The van der Waals surface area contributed by atoms with E-state index in [1.807, 2.05) is 16.2 Å². The summed E-state index contributed by atoms with van der Waals surface area (Å²) in [6, 6.07) is 22.7. The summed E-state index contributed by atoms with van der Waals surface area (Å²) in [7, 11) is 2.16. The summed E-state index contributed by atoms with van der Waals surface area (Å²) in [5.41, 5.74) is 1.27. The van der Waals surface area contributed by atoms with Crippen molar-refractivity contribution >= 4 is 27.3 Å². The molecule has 0 radical (unpaired) electrons. The van der Waals surface area contributed by atoms with E-state index in [-0.39, 0.29) is 12.0 Å². The molecule has 0 spiro atoms. The van der Waals surface area contributed by atoms with Crippen LogP contribution in [0.5, 0.6) is 5.75 Å². The Balaban J connectivity index is 1.10. The number of nitrogens with zero attached hydrogens (tertiary/aromatic N) is 2. The molecule has 1 amide bonds. The third-order valence-electron chi connectivity index (χ3n) is 6.04. The van der Waals surface area contributed by atoms with Crippen LogP contribution in [0.3, 0.4) is 0 Å². The number of likely N-dealkylation sites (tertiary alicyclic amines) is 1. The summed E-state index contributed by atoms with van der Waals surface area (Å²) in [6.45, 7) is 3.20. The molecule has 0 unspecified atom stereocenters. The van der Waals surface area contributed by atoms with Gasteiger partial charge in [0.25, 0.3) is 5.91 Å². The number of benzene rings is 2. The molecule has 1 saturated heterocycles. The van der Waals surface area contributed by atoms with E-state index >= 15 is 0 Å². The first kappa shape index (κ1) is 21.7. The summed E-state index contributed by atoms with van der Waals surface area (Å²) in [5.74, 6) is 1.26. The van der Waals surface area contributed by atoms with E-state index in [0.29, 0.717) is 18.8 Å². The van der Waals surface area contributed by atoms with Crippen molar-refractivity contribution in [1.29, 1.82) is 0 Å². The van der Waals surface area contributed by atoms with Crippen LogP contribution in [0.4, 0.5) is 0 Å². The SMILES string of the molecule is CN(Cc1ccc(OC2CCN(C(=O)c3ccco3)CC2)cc1)Cc1cc2ccccc2s1. The van der Waals surface area contributed by atoms with Gasteiger partial charge in [-0.15, -0.1) is 11.3 Å². The second-order valence-corrected chi connectivity index (χ2v) is 9.82. The highest BCUT2D eigenvalue weighted by molar-refractivity contribution is 7.19. The van der Waals surface area contributed by atoms with Crippen LogP contribution in [0.15, 0.2) is 77.4 Å². The summed E-state index contributed by atoms with van der Waals surface area (Å²) >= 11 is 1.87. The zero-order chi connectivity index (χ0) is 22.6. The summed E-state index contributed by atoms with van der Waals surface area (Å²) in [6.07, 6.45) is 3.32. The molecule has 1 aliphatic heterocycles. The number of carbonyl (C=O) groups excluding carboxylic acids is 1. The molecule has 0 atom stereocenters. The number of furan rings is 1. The summed E-state index contributed by atoms with van der Waals surface area (Å²) in [4.78, 5) is 18.0. The highest BCUT2D eigenvalue weighted by atomic mass is 32.1. The molecule has 4 aromatic rings. The fraction of sp³-hybridized carbons (Fsp3) is 0.296. The van der Waals surface area contributed by atoms with Crippen molar-refractivity contribution in [2.45, 2.75) is 32.0 Å². The average Bonchev–Trinajstić information content (AvgIpc) is 3.50. The molecule has 0 saturated carbocycles. The van der Waals surface area contributed by atoms with Gasteiger partial charge in [0.1, 0.15) is 11.9 Å². The molecule has 0 N–H and O–H groups in total. The monoisotopic (exact) mass is 460 g/mol. The summed E-state index contributed by atoms with van der Waals surface area (Å²) in [5, 5.41) is 1.32. The summed E-state index contributed by atoms with van der Waals surface area (Å²) < 4.78 is 12.8. The Morgan fingerprint density at radius 1 is 1.06 bits per heavy atom. The van der Waals surface area contributed by atoms with Gasteiger partial charge in [-0.3, -0.25) is 9.69 Å². The van der Waals surface area contributed by atoms with Crippen LogP contribution in [0, 0.1) is 0 Å². The number of hydrogen-bond acceptors (Lipinski definition) is 5. The topological polar surface area (TPSA) is 45.9 Å². The van der Waals surface area contributed by atoms with Crippen LogP contribution < -0.4 is 4.74 Å². The van der Waals surface area contributed by atoms with E-state index in [9.17, 15) is 4.79 Å². The van der Waals surface area contributed by atoms with Crippen LogP contribution >= 0.6 is 11.3 Å². The first-order valence-corrected chi connectivity index (χ1v) is 12.2. The molecule has 33 heavy (non-hydrogen) atoms. The number of hydrogen-bond donors (Lipinski definition) is 0. The molecule has 5 rings (SSSR count). The highest BCUT2D eigenvalue weighted by Gasteiger charge is 2.26. The van der Waals surface area contributed by atoms with E-state index in [2.05, 4.69) is 66.5 Å². The van der Waals surface area contributed by atoms with Crippen molar-refractivity contribution in [3.8, 4) is 5.75 Å². The zero-order valence-corrected chi connectivity index (χ0v) is 19.6. The smallest absolute Gasteiger partial charge is 0.289 e. The molecule has 1 aliphatic rings. The van der Waals surface area contributed by atoms with Crippen molar-refractivity contribution in [3.05, 3.63) is 89.2 Å². The van der Waals surface area contributed by atoms with Gasteiger partial charge in [-0.25, -0.2) is 0 Å². The number of fused-ring (bicyclic) bond motifs is 1. The molecular formula is C27H28N2O3S. The molecule has 2 aromatic carbocycles. The minimum atomic E-state index is -0.0393. The molecule has 0 aliphatic carbocycles. The Morgan fingerprint density at radius 3 is 2.58 bits per heavy atom. The third-order valence-corrected chi connectivity index (χ3v) is 7.14. The van der Waals surface area contributed by atoms with Gasteiger partial charge < -0.3 is 14.1 Å². The quantitative estimate of drug-likeness (QED) is 0.349. The van der Waals surface area contributed by atoms with Gasteiger partial charge in [-0.1, -0.05) is 30.3 Å². The minimum absolute atomic E-state index is 0.0393. The second kappa shape index (κ2) is 9.81. The number of amides is 1. The predicted octanol–water partition coefficient (Wildman–Crippen LogP) is 5.81. The standard InChI is InChI=1S/C27H28N2O3S/c1-28(19-24-17-21-5-2-3-7-26(21)33-24)18-20-8-10-22(11-9-20)32-23-12-14-29(15-13-23)27(30)25-6-4-16-31-25/h2-11,16-17,23H,12-15,18-19H2,1H3. The molecule has 0 bridgehead atoms. The van der Waals surface area contributed by atoms with Gasteiger partial charge in [0.2, 0.25) is 0 Å². The lowest BCUT2D eigenvalue weighted by molar-refractivity contribution is 0.0566. The van der Waals surface area contributed by atoms with Crippen molar-refractivity contribution in [1.82, 2.24) is 9.80 Å². The van der Waals surface area contributed by atoms with Crippen molar-refractivity contribution < 1.29 is 13.9 Å². The largest absolute Gasteiger partial charge is 0.490 e. The molecular weight excluding hydrogens is 432 g/mol. The predicted molar refractivity (Wildman–Crippen MR) is 132 cm³/mol. The minimum Gasteiger partial charge on any atom is -0.490 e. The van der Waals surface area contributed by atoms with E-state index in [4.69, 9.17) is 9.15 Å². The van der Waals surface area contributed by atoms with Gasteiger partial charge in [-0.2, -0.15) is 0 Å². The number of carbonyl (C=O) groups is 1. The fourth-order valence-electron chi connectivity index (χ4n) is 4.35. The van der Waals surface area contributed by atoms with Gasteiger partial charge in [0, 0.05) is 48.6 Å². The average molecular weight is 461 g/mol. The van der Waals surface area contributed by atoms with Crippen LogP contribution in [0.25, 0.3) is 10.1 Å². The normalized spacial score (nSPS) is 14.8. The first-order chi connectivity index (χ1) is 16.1. The number of thiophene rings is 1. The van der Waals surface area contributed by atoms with E-state index in [1.54, 1.807) is 12.1 Å². The molecule has 5 nitrogen and oxygen atoms in total. The fourth-order valence-corrected chi connectivity index (χ4v) is 5.49. The molecule has 2 aromatic heterocycles. The maximum Gasteiger partial charge on any atom is 0.289 e. The van der Waals surface area contributed by atoms with E-state index in [1.165, 1.54) is 26.8 Å². The second-order valence-electron chi connectivity index (χ2n) is 8.65. The Morgan fingerprint density at radius 2 is 1.85 bits per heavy atom. The molecule has 170 valence electrons. The van der Waals surface area contributed by atoms with Crippen molar-refractivity contribution in [3.63, 3.8) is 0 Å². The lowest BCUT2D eigenvalue weighted by Gasteiger charge is -2.31.